The summed E-state index contributed by atoms with van der Waals surface area (Å²) in [6.45, 7) is 12.2. The predicted octanol–water partition coefficient (Wildman–Crippen LogP) is 3.79. The number of nitrogens with zero attached hydrogens (tertiary/aromatic N) is 1. The highest BCUT2D eigenvalue weighted by atomic mass is 16.5. The quantitative estimate of drug-likeness (QED) is 0.735. The first-order valence-corrected chi connectivity index (χ1v) is 9.20. The van der Waals surface area contributed by atoms with Crippen LogP contribution in [0.5, 0.6) is 0 Å². The summed E-state index contributed by atoms with van der Waals surface area (Å²) < 4.78 is 5.95. The third-order valence-electron chi connectivity index (χ3n) is 4.84. The van der Waals surface area contributed by atoms with Gasteiger partial charge in [-0.1, -0.05) is 79.9 Å². The van der Waals surface area contributed by atoms with Gasteiger partial charge < -0.3 is 10.1 Å². The van der Waals surface area contributed by atoms with Gasteiger partial charge in [0.25, 0.3) is 0 Å². The number of rotatable bonds is 8. The van der Waals surface area contributed by atoms with Crippen LogP contribution in [-0.4, -0.2) is 36.7 Å². The molecule has 1 aliphatic heterocycles. The van der Waals surface area contributed by atoms with Gasteiger partial charge in [0, 0.05) is 31.7 Å². The van der Waals surface area contributed by atoms with Crippen molar-refractivity contribution >= 4 is 0 Å². The molecule has 1 aliphatic rings. The Hall–Kier alpha value is -2.20. The normalized spacial score (nSPS) is 20.6. The lowest BCUT2D eigenvalue weighted by Gasteiger charge is -2.41. The van der Waals surface area contributed by atoms with Crippen molar-refractivity contribution in [3.63, 3.8) is 0 Å². The molecule has 1 fully saturated rings. The molecule has 2 atom stereocenters. The third kappa shape index (κ3) is 5.15. The summed E-state index contributed by atoms with van der Waals surface area (Å²) in [5, 5.41) is 3.61. The van der Waals surface area contributed by atoms with Gasteiger partial charge in [-0.05, 0) is 16.7 Å². The number of nitrogens with one attached hydrogen (secondary N) is 1. The lowest BCUT2D eigenvalue weighted by molar-refractivity contribution is 0.0579. The maximum Gasteiger partial charge on any atom is 0.0717 e. The van der Waals surface area contributed by atoms with Crippen molar-refractivity contribution in [3.05, 3.63) is 96.6 Å². The Morgan fingerprint density at radius 2 is 1.73 bits per heavy atom. The van der Waals surface area contributed by atoms with Crippen molar-refractivity contribution in [3.8, 4) is 0 Å². The zero-order valence-electron chi connectivity index (χ0n) is 15.3. The number of piperazine rings is 1. The smallest absolute Gasteiger partial charge is 0.0717 e. The van der Waals surface area contributed by atoms with Crippen molar-refractivity contribution in [1.82, 2.24) is 10.2 Å². The second-order valence-electron chi connectivity index (χ2n) is 6.82. The second-order valence-corrected chi connectivity index (χ2v) is 6.82. The molecule has 2 aromatic rings. The minimum absolute atomic E-state index is 0.276. The minimum Gasteiger partial charge on any atom is -0.375 e. The van der Waals surface area contributed by atoms with Gasteiger partial charge in [0.05, 0.1) is 13.2 Å². The number of hydrogen-bond donors (Lipinski definition) is 1. The first-order valence-electron chi connectivity index (χ1n) is 9.20. The lowest BCUT2D eigenvalue weighted by Crippen LogP contribution is -2.57. The molecule has 3 nitrogen and oxygen atoms in total. The standard InChI is InChI=1S/C23H28N2O/c1-3-19(2)23-14-24-22(18-26-17-21-12-8-5-9-13-21)16-25(23)15-20-10-6-4-7-11-20/h3-13,22-24H,1-2,14-18H2. The molecule has 0 spiro atoms. The minimum atomic E-state index is 0.276. The van der Waals surface area contributed by atoms with E-state index in [1.54, 1.807) is 0 Å². The van der Waals surface area contributed by atoms with Gasteiger partial charge >= 0.3 is 0 Å². The topological polar surface area (TPSA) is 24.5 Å². The van der Waals surface area contributed by atoms with Crippen molar-refractivity contribution in [2.75, 3.05) is 19.7 Å². The number of ether oxygens (including phenoxy) is 1. The van der Waals surface area contributed by atoms with Gasteiger partial charge in [0.1, 0.15) is 0 Å². The Labute approximate surface area is 157 Å². The number of hydrogen-bond acceptors (Lipinski definition) is 3. The largest absolute Gasteiger partial charge is 0.375 e. The van der Waals surface area contributed by atoms with Gasteiger partial charge in [-0.15, -0.1) is 0 Å². The molecule has 0 radical (unpaired) electrons. The van der Waals surface area contributed by atoms with Crippen LogP contribution in [0.4, 0.5) is 0 Å². The Balaban J connectivity index is 1.58. The summed E-state index contributed by atoms with van der Waals surface area (Å²) in [4.78, 5) is 2.48. The van der Waals surface area contributed by atoms with E-state index in [1.165, 1.54) is 11.1 Å². The van der Waals surface area contributed by atoms with E-state index in [9.17, 15) is 0 Å². The van der Waals surface area contributed by atoms with Crippen LogP contribution in [0.1, 0.15) is 11.1 Å². The summed E-state index contributed by atoms with van der Waals surface area (Å²) in [6, 6.07) is 21.5. The Morgan fingerprint density at radius 1 is 1.08 bits per heavy atom. The predicted molar refractivity (Wildman–Crippen MR) is 108 cm³/mol. The Morgan fingerprint density at radius 3 is 2.38 bits per heavy atom. The molecule has 3 heteroatoms. The van der Waals surface area contributed by atoms with Gasteiger partial charge in [0.15, 0.2) is 0 Å². The van der Waals surface area contributed by atoms with Crippen molar-refractivity contribution in [2.45, 2.75) is 25.2 Å². The fourth-order valence-corrected chi connectivity index (χ4v) is 3.38. The SMILES string of the molecule is C=CC(=C)C1CNC(COCc2ccccc2)CN1Cc1ccccc1. The molecule has 1 N–H and O–H groups in total. The molecule has 0 saturated carbocycles. The van der Waals surface area contributed by atoms with Crippen LogP contribution in [0.2, 0.25) is 0 Å². The van der Waals surface area contributed by atoms with Crippen LogP contribution in [0.3, 0.4) is 0 Å². The molecular weight excluding hydrogens is 320 g/mol. The molecule has 1 heterocycles. The van der Waals surface area contributed by atoms with Crippen LogP contribution in [-0.2, 0) is 17.9 Å². The third-order valence-corrected chi connectivity index (χ3v) is 4.84. The second kappa shape index (κ2) is 9.48. The molecule has 136 valence electrons. The summed E-state index contributed by atoms with van der Waals surface area (Å²) in [5.74, 6) is 0. The van der Waals surface area contributed by atoms with Crippen LogP contribution >= 0.6 is 0 Å². The van der Waals surface area contributed by atoms with Crippen LogP contribution in [0.15, 0.2) is 85.5 Å². The van der Waals surface area contributed by atoms with Crippen molar-refractivity contribution < 1.29 is 4.74 Å². The monoisotopic (exact) mass is 348 g/mol. The van der Waals surface area contributed by atoms with E-state index in [4.69, 9.17) is 4.74 Å². The summed E-state index contributed by atoms with van der Waals surface area (Å²) >= 11 is 0. The molecule has 0 amide bonds. The van der Waals surface area contributed by atoms with E-state index in [1.807, 2.05) is 24.3 Å². The fraction of sp³-hybridized carbons (Fsp3) is 0.304. The van der Waals surface area contributed by atoms with E-state index in [0.717, 1.165) is 25.2 Å². The average Bonchev–Trinajstić information content (AvgIpc) is 2.69. The van der Waals surface area contributed by atoms with Crippen molar-refractivity contribution in [1.29, 1.82) is 0 Å². The maximum absolute atomic E-state index is 5.95. The maximum atomic E-state index is 5.95. The van der Waals surface area contributed by atoms with Crippen LogP contribution in [0, 0.1) is 0 Å². The van der Waals surface area contributed by atoms with E-state index < -0.39 is 0 Å². The highest BCUT2D eigenvalue weighted by Gasteiger charge is 2.28. The van der Waals surface area contributed by atoms with E-state index in [-0.39, 0.29) is 6.04 Å². The molecule has 3 rings (SSSR count). The summed E-state index contributed by atoms with van der Waals surface area (Å²) in [7, 11) is 0. The van der Waals surface area contributed by atoms with E-state index in [0.29, 0.717) is 19.3 Å². The molecule has 2 aromatic carbocycles. The molecule has 0 bridgehead atoms. The van der Waals surface area contributed by atoms with Crippen LogP contribution < -0.4 is 5.32 Å². The lowest BCUT2D eigenvalue weighted by atomic mass is 10.0. The molecular formula is C23H28N2O. The molecule has 1 saturated heterocycles. The van der Waals surface area contributed by atoms with Gasteiger partial charge in [-0.25, -0.2) is 0 Å². The van der Waals surface area contributed by atoms with Crippen molar-refractivity contribution in [2.24, 2.45) is 0 Å². The van der Waals surface area contributed by atoms with Gasteiger partial charge in [-0.2, -0.15) is 0 Å². The Kier molecular flexibility index (Phi) is 6.78. The summed E-state index contributed by atoms with van der Waals surface area (Å²) in [6.07, 6.45) is 1.87. The molecule has 2 unspecified atom stereocenters. The first-order chi connectivity index (χ1) is 12.8. The van der Waals surface area contributed by atoms with Gasteiger partial charge in [-0.3, -0.25) is 4.90 Å². The van der Waals surface area contributed by atoms with E-state index >= 15 is 0 Å². The Bertz CT molecular complexity index is 699. The van der Waals surface area contributed by atoms with E-state index in [2.05, 4.69) is 65.8 Å². The summed E-state index contributed by atoms with van der Waals surface area (Å²) in [5.41, 5.74) is 3.60. The fourth-order valence-electron chi connectivity index (χ4n) is 3.38. The molecule has 0 aliphatic carbocycles. The highest BCUT2D eigenvalue weighted by Crippen LogP contribution is 2.18. The zero-order valence-corrected chi connectivity index (χ0v) is 15.3. The molecule has 26 heavy (non-hydrogen) atoms. The molecule has 0 aromatic heterocycles. The first kappa shape index (κ1) is 18.6. The highest BCUT2D eigenvalue weighted by molar-refractivity contribution is 5.22. The zero-order chi connectivity index (χ0) is 18.2. The number of benzene rings is 2. The average molecular weight is 348 g/mol. The van der Waals surface area contributed by atoms with Gasteiger partial charge in [0.2, 0.25) is 0 Å². The van der Waals surface area contributed by atoms with Crippen LogP contribution in [0.25, 0.3) is 0 Å².